The lowest BCUT2D eigenvalue weighted by Gasteiger charge is -2.30. The van der Waals surface area contributed by atoms with Crippen molar-refractivity contribution in [3.8, 4) is 5.75 Å². The third-order valence-electron chi connectivity index (χ3n) is 4.12. The number of allylic oxidation sites excluding steroid dienone is 1. The van der Waals surface area contributed by atoms with Crippen molar-refractivity contribution in [1.29, 1.82) is 0 Å². The minimum absolute atomic E-state index is 0.191. The summed E-state index contributed by atoms with van der Waals surface area (Å²) in [5, 5.41) is 9.69. The summed E-state index contributed by atoms with van der Waals surface area (Å²) in [6, 6.07) is 14.8. The van der Waals surface area contributed by atoms with E-state index in [1.54, 1.807) is 0 Å². The fourth-order valence-electron chi connectivity index (χ4n) is 2.93. The summed E-state index contributed by atoms with van der Waals surface area (Å²) in [5.74, 6) is 0.577. The molecule has 2 aromatic carbocycles. The van der Waals surface area contributed by atoms with Gasteiger partial charge in [0.25, 0.3) is 5.91 Å². The van der Waals surface area contributed by atoms with E-state index < -0.39 is 0 Å². The van der Waals surface area contributed by atoms with Crippen molar-refractivity contribution in [2.24, 2.45) is 0 Å². The van der Waals surface area contributed by atoms with Gasteiger partial charge in [-0.25, -0.2) is 0 Å². The van der Waals surface area contributed by atoms with Gasteiger partial charge in [0, 0.05) is 15.9 Å². The molecule has 0 aromatic heterocycles. The van der Waals surface area contributed by atoms with Gasteiger partial charge in [0.1, 0.15) is 5.75 Å². The van der Waals surface area contributed by atoms with E-state index in [1.807, 2.05) is 62.4 Å². The van der Waals surface area contributed by atoms with Gasteiger partial charge in [-0.2, -0.15) is 0 Å². The average Bonchev–Trinajstić information content (AvgIpc) is 2.63. The number of carbonyl (C=O) groups is 1. The third kappa shape index (κ3) is 4.67. The Morgan fingerprint density at radius 2 is 2.00 bits per heavy atom. The molecule has 0 fully saturated rings. The summed E-state index contributed by atoms with van der Waals surface area (Å²) in [6.07, 6.45) is 0. The van der Waals surface area contributed by atoms with Crippen molar-refractivity contribution in [2.45, 2.75) is 19.9 Å². The van der Waals surface area contributed by atoms with Gasteiger partial charge in [-0.3, -0.25) is 4.79 Å². The zero-order valence-corrected chi connectivity index (χ0v) is 17.4. The number of amides is 1. The number of hydrogen-bond donors (Lipinski definition) is 3. The molecule has 1 aliphatic heterocycles. The second-order valence-corrected chi connectivity index (χ2v) is 7.36. The molecule has 0 spiro atoms. The molecule has 7 heteroatoms. The van der Waals surface area contributed by atoms with Crippen molar-refractivity contribution in [3.05, 3.63) is 69.8 Å². The fourth-order valence-corrected chi connectivity index (χ4v) is 3.62. The highest BCUT2D eigenvalue weighted by Crippen LogP contribution is 2.29. The van der Waals surface area contributed by atoms with Crippen LogP contribution < -0.4 is 20.7 Å². The van der Waals surface area contributed by atoms with E-state index in [-0.39, 0.29) is 11.9 Å². The van der Waals surface area contributed by atoms with Gasteiger partial charge >= 0.3 is 0 Å². The SMILES string of the molecule is CCOc1ccc(NC(=O)C2=C(C)NC(=S)N[C@H]2c2cccc(Br)c2)cc1. The molecule has 27 heavy (non-hydrogen) atoms. The van der Waals surface area contributed by atoms with Crippen molar-refractivity contribution in [3.63, 3.8) is 0 Å². The molecule has 2 aromatic rings. The molecule has 0 saturated carbocycles. The lowest BCUT2D eigenvalue weighted by Crippen LogP contribution is -2.45. The van der Waals surface area contributed by atoms with Gasteiger partial charge < -0.3 is 20.7 Å². The Bertz CT molecular complexity index is 896. The summed E-state index contributed by atoms with van der Waals surface area (Å²) in [5.41, 5.74) is 2.97. The van der Waals surface area contributed by atoms with Gasteiger partial charge in [-0.05, 0) is 68.0 Å². The number of rotatable bonds is 5. The highest BCUT2D eigenvalue weighted by Gasteiger charge is 2.30. The van der Waals surface area contributed by atoms with Crippen LogP contribution in [0, 0.1) is 0 Å². The van der Waals surface area contributed by atoms with E-state index in [2.05, 4.69) is 31.9 Å². The zero-order chi connectivity index (χ0) is 19.4. The standard InChI is InChI=1S/C20H20BrN3O2S/c1-3-26-16-9-7-15(8-10-16)23-19(25)17-12(2)22-20(27)24-18(17)13-5-4-6-14(21)11-13/h4-11,18H,3H2,1-2H3,(H,23,25)(H2,22,24,27)/t18-/m0/s1. The number of benzene rings is 2. The molecular formula is C20H20BrN3O2S. The quantitative estimate of drug-likeness (QED) is 0.599. The van der Waals surface area contributed by atoms with E-state index in [0.29, 0.717) is 23.0 Å². The first-order valence-corrected chi connectivity index (χ1v) is 9.76. The Kier molecular flexibility index (Phi) is 6.13. The van der Waals surface area contributed by atoms with Crippen LogP contribution in [0.2, 0.25) is 0 Å². The van der Waals surface area contributed by atoms with E-state index in [9.17, 15) is 4.79 Å². The van der Waals surface area contributed by atoms with Crippen LogP contribution in [0.15, 0.2) is 64.3 Å². The van der Waals surface area contributed by atoms with Crippen molar-refractivity contribution < 1.29 is 9.53 Å². The van der Waals surface area contributed by atoms with Crippen molar-refractivity contribution in [2.75, 3.05) is 11.9 Å². The largest absolute Gasteiger partial charge is 0.494 e. The first-order chi connectivity index (χ1) is 13.0. The molecule has 0 unspecified atom stereocenters. The molecule has 1 atom stereocenters. The van der Waals surface area contributed by atoms with Crippen LogP contribution in [0.3, 0.4) is 0 Å². The number of thiocarbonyl (C=S) groups is 1. The van der Waals surface area contributed by atoms with Crippen LogP contribution in [0.5, 0.6) is 5.75 Å². The minimum atomic E-state index is -0.334. The Morgan fingerprint density at radius 1 is 1.26 bits per heavy atom. The predicted molar refractivity (Wildman–Crippen MR) is 115 cm³/mol. The van der Waals surface area contributed by atoms with Crippen LogP contribution in [-0.4, -0.2) is 17.6 Å². The topological polar surface area (TPSA) is 62.4 Å². The first kappa shape index (κ1) is 19.4. The molecule has 0 aliphatic carbocycles. The molecule has 1 aliphatic rings. The Hall–Kier alpha value is -2.38. The van der Waals surface area contributed by atoms with Crippen LogP contribution in [-0.2, 0) is 4.79 Å². The molecule has 3 N–H and O–H groups in total. The molecule has 0 saturated heterocycles. The van der Waals surface area contributed by atoms with Gasteiger partial charge in [-0.15, -0.1) is 0 Å². The maximum Gasteiger partial charge on any atom is 0.255 e. The predicted octanol–water partition coefficient (Wildman–Crippen LogP) is 4.28. The molecule has 1 amide bonds. The van der Waals surface area contributed by atoms with Gasteiger partial charge in [0.05, 0.1) is 18.2 Å². The van der Waals surface area contributed by atoms with Crippen LogP contribution in [0.1, 0.15) is 25.5 Å². The molecule has 5 nitrogen and oxygen atoms in total. The van der Waals surface area contributed by atoms with E-state index in [1.165, 1.54) is 0 Å². The average molecular weight is 446 g/mol. The molecule has 3 rings (SSSR count). The van der Waals surface area contributed by atoms with E-state index in [0.717, 1.165) is 21.5 Å². The highest BCUT2D eigenvalue weighted by molar-refractivity contribution is 9.10. The molecule has 0 bridgehead atoms. The smallest absolute Gasteiger partial charge is 0.255 e. The van der Waals surface area contributed by atoms with Gasteiger partial charge in [-0.1, -0.05) is 28.1 Å². The Labute approximate surface area is 172 Å². The summed E-state index contributed by atoms with van der Waals surface area (Å²) in [4.78, 5) is 13.0. The lowest BCUT2D eigenvalue weighted by atomic mass is 9.95. The van der Waals surface area contributed by atoms with Crippen LogP contribution >= 0.6 is 28.1 Å². The number of nitrogens with one attached hydrogen (secondary N) is 3. The summed E-state index contributed by atoms with van der Waals surface area (Å²) in [7, 11) is 0. The summed E-state index contributed by atoms with van der Waals surface area (Å²) >= 11 is 8.77. The maximum atomic E-state index is 13.0. The fraction of sp³-hybridized carbons (Fsp3) is 0.200. The number of anilines is 1. The normalized spacial score (nSPS) is 16.4. The molecule has 1 heterocycles. The zero-order valence-electron chi connectivity index (χ0n) is 15.0. The number of carbonyl (C=O) groups excluding carboxylic acids is 1. The Balaban J connectivity index is 1.87. The number of halogens is 1. The molecular weight excluding hydrogens is 426 g/mol. The molecule has 140 valence electrons. The second kappa shape index (κ2) is 8.54. The van der Waals surface area contributed by atoms with E-state index in [4.69, 9.17) is 17.0 Å². The second-order valence-electron chi connectivity index (χ2n) is 6.04. The van der Waals surface area contributed by atoms with Gasteiger partial charge in [0.15, 0.2) is 5.11 Å². The van der Waals surface area contributed by atoms with Gasteiger partial charge in [0.2, 0.25) is 0 Å². The summed E-state index contributed by atoms with van der Waals surface area (Å²) in [6.45, 7) is 4.38. The number of hydrogen-bond acceptors (Lipinski definition) is 3. The Morgan fingerprint density at radius 3 is 2.67 bits per heavy atom. The molecule has 0 radical (unpaired) electrons. The lowest BCUT2D eigenvalue weighted by molar-refractivity contribution is -0.113. The first-order valence-electron chi connectivity index (χ1n) is 8.56. The van der Waals surface area contributed by atoms with Crippen molar-refractivity contribution in [1.82, 2.24) is 10.6 Å². The number of ether oxygens (including phenoxy) is 1. The summed E-state index contributed by atoms with van der Waals surface area (Å²) < 4.78 is 6.38. The monoisotopic (exact) mass is 445 g/mol. The van der Waals surface area contributed by atoms with Crippen LogP contribution in [0.4, 0.5) is 5.69 Å². The van der Waals surface area contributed by atoms with Crippen molar-refractivity contribution >= 4 is 44.9 Å². The minimum Gasteiger partial charge on any atom is -0.494 e. The highest BCUT2D eigenvalue weighted by atomic mass is 79.9. The maximum absolute atomic E-state index is 13.0. The van der Waals surface area contributed by atoms with E-state index >= 15 is 0 Å². The third-order valence-corrected chi connectivity index (χ3v) is 4.83. The van der Waals surface area contributed by atoms with Crippen LogP contribution in [0.25, 0.3) is 0 Å².